The number of halogens is 3. The van der Waals surface area contributed by atoms with E-state index in [1.807, 2.05) is 12.1 Å². The van der Waals surface area contributed by atoms with Gasteiger partial charge in [0.15, 0.2) is 0 Å². The zero-order chi connectivity index (χ0) is 22.6. The van der Waals surface area contributed by atoms with Crippen LogP contribution < -0.4 is 0 Å². The van der Waals surface area contributed by atoms with Crippen molar-refractivity contribution in [3.63, 3.8) is 0 Å². The molecule has 3 aliphatic carbocycles. The van der Waals surface area contributed by atoms with Gasteiger partial charge in [-0.25, -0.2) is 0 Å². The molecule has 1 nitrogen and oxygen atoms in total. The van der Waals surface area contributed by atoms with E-state index in [0.29, 0.717) is 11.3 Å². The molecule has 0 N–H and O–H groups in total. The summed E-state index contributed by atoms with van der Waals surface area (Å²) in [5.74, 6) is 0.617. The van der Waals surface area contributed by atoms with Gasteiger partial charge in [-0.2, -0.15) is 13.2 Å². The Labute approximate surface area is 191 Å². The minimum atomic E-state index is -4.33. The number of allylic oxidation sites excluding steroid dienone is 9. The van der Waals surface area contributed by atoms with Crippen molar-refractivity contribution in [2.24, 2.45) is 5.92 Å². The molecule has 0 amide bonds. The number of benzene rings is 2. The van der Waals surface area contributed by atoms with E-state index in [4.69, 9.17) is 0 Å². The van der Waals surface area contributed by atoms with Crippen molar-refractivity contribution < 1.29 is 13.2 Å². The first-order valence-electron chi connectivity index (χ1n) is 11.6. The highest BCUT2D eigenvalue weighted by atomic mass is 19.4. The summed E-state index contributed by atoms with van der Waals surface area (Å²) in [6.07, 6.45) is 17.6. The Kier molecular flexibility index (Phi) is 4.72. The smallest absolute Gasteiger partial charge is 0.314 e. The summed E-state index contributed by atoms with van der Waals surface area (Å²) in [7, 11) is 0. The molecule has 0 spiro atoms. The van der Waals surface area contributed by atoms with Gasteiger partial charge in [-0.15, -0.1) is 0 Å². The number of hydrogen-bond donors (Lipinski definition) is 0. The van der Waals surface area contributed by atoms with Gasteiger partial charge in [0.1, 0.15) is 0 Å². The van der Waals surface area contributed by atoms with Gasteiger partial charge in [0.25, 0.3) is 0 Å². The van der Waals surface area contributed by atoms with E-state index in [0.717, 1.165) is 36.6 Å². The fraction of sp³-hybridized carbons (Fsp3) is 0.241. The Morgan fingerprint density at radius 3 is 2.70 bits per heavy atom. The van der Waals surface area contributed by atoms with Crippen LogP contribution in [0.3, 0.4) is 0 Å². The van der Waals surface area contributed by atoms with Crippen molar-refractivity contribution in [3.05, 3.63) is 119 Å². The standard InChI is InChI=1S/C29H24F3N/c30-29(31,32)21-14-17-24-20(18-21)6-5-9-23(24)19-12-15-22(16-13-19)33-27-10-3-1-7-25(27)26-8-2-4-11-28(26)33/h1,3-6,9-12,14-19,25H,2,7-8,13H2. The van der Waals surface area contributed by atoms with Gasteiger partial charge in [0.05, 0.1) is 5.56 Å². The lowest BCUT2D eigenvalue weighted by atomic mass is 9.87. The monoisotopic (exact) mass is 443 g/mol. The van der Waals surface area contributed by atoms with Gasteiger partial charge in [-0.1, -0.05) is 54.6 Å². The Bertz CT molecular complexity index is 1320. The van der Waals surface area contributed by atoms with Crippen LogP contribution in [-0.2, 0) is 6.18 Å². The number of alkyl halides is 3. The molecular formula is C29H24F3N. The van der Waals surface area contributed by atoms with Crippen LogP contribution in [-0.4, -0.2) is 4.90 Å². The fourth-order valence-corrected chi connectivity index (χ4v) is 5.65. The van der Waals surface area contributed by atoms with Gasteiger partial charge < -0.3 is 4.90 Å². The summed E-state index contributed by atoms with van der Waals surface area (Å²) < 4.78 is 39.5. The molecule has 0 saturated carbocycles. The third-order valence-electron chi connectivity index (χ3n) is 7.22. The van der Waals surface area contributed by atoms with Gasteiger partial charge in [0, 0.05) is 28.9 Å². The van der Waals surface area contributed by atoms with Crippen LogP contribution in [0.2, 0.25) is 0 Å². The Balaban J connectivity index is 1.32. The number of fused-ring (bicyclic) bond motifs is 3. The second-order valence-electron chi connectivity index (χ2n) is 9.11. The van der Waals surface area contributed by atoms with Crippen molar-refractivity contribution in [3.8, 4) is 0 Å². The SMILES string of the molecule is FC(F)(F)c1ccc2c(C3C=CC(N4C5=CC=CCC5C5=C4C=CCC5)=CC3)cccc2c1. The van der Waals surface area contributed by atoms with Crippen molar-refractivity contribution in [1.82, 2.24) is 4.90 Å². The van der Waals surface area contributed by atoms with Crippen LogP contribution in [0, 0.1) is 5.92 Å². The first-order valence-corrected chi connectivity index (χ1v) is 11.6. The zero-order valence-electron chi connectivity index (χ0n) is 18.1. The molecule has 4 heteroatoms. The molecule has 0 aromatic heterocycles. The summed E-state index contributed by atoms with van der Waals surface area (Å²) >= 11 is 0. The summed E-state index contributed by atoms with van der Waals surface area (Å²) in [5, 5.41) is 1.52. The van der Waals surface area contributed by atoms with Crippen molar-refractivity contribution in [2.45, 2.75) is 37.8 Å². The zero-order valence-corrected chi connectivity index (χ0v) is 18.1. The van der Waals surface area contributed by atoms with Crippen molar-refractivity contribution in [1.29, 1.82) is 0 Å². The summed E-state index contributed by atoms with van der Waals surface area (Å²) in [6, 6.07) is 9.72. The lowest BCUT2D eigenvalue weighted by Crippen LogP contribution is -2.20. The molecule has 0 radical (unpaired) electrons. The molecule has 1 aliphatic heterocycles. The highest BCUT2D eigenvalue weighted by molar-refractivity contribution is 5.87. The first kappa shape index (κ1) is 20.3. The fourth-order valence-electron chi connectivity index (χ4n) is 5.65. The van der Waals surface area contributed by atoms with Crippen molar-refractivity contribution in [2.75, 3.05) is 0 Å². The average Bonchev–Trinajstić information content (AvgIpc) is 3.17. The average molecular weight is 444 g/mol. The Morgan fingerprint density at radius 1 is 0.970 bits per heavy atom. The van der Waals surface area contributed by atoms with Gasteiger partial charge >= 0.3 is 6.18 Å². The van der Waals surface area contributed by atoms with Crippen LogP contribution in [0.1, 0.15) is 42.7 Å². The van der Waals surface area contributed by atoms with E-state index in [2.05, 4.69) is 53.5 Å². The van der Waals surface area contributed by atoms with Crippen LogP contribution in [0.5, 0.6) is 0 Å². The van der Waals surface area contributed by atoms with E-state index >= 15 is 0 Å². The van der Waals surface area contributed by atoms with Gasteiger partial charge in [-0.3, -0.25) is 0 Å². The quantitative estimate of drug-likeness (QED) is 0.452. The Morgan fingerprint density at radius 2 is 1.88 bits per heavy atom. The first-order chi connectivity index (χ1) is 16.0. The van der Waals surface area contributed by atoms with Crippen LogP contribution >= 0.6 is 0 Å². The predicted octanol–water partition coefficient (Wildman–Crippen LogP) is 8.17. The molecule has 2 aromatic rings. The van der Waals surface area contributed by atoms with Crippen LogP contribution in [0.15, 0.2) is 108 Å². The topological polar surface area (TPSA) is 3.24 Å². The normalized spacial score (nSPS) is 24.2. The summed E-state index contributed by atoms with van der Waals surface area (Å²) in [4.78, 5) is 2.41. The molecular weight excluding hydrogens is 419 g/mol. The molecule has 1 heterocycles. The highest BCUT2D eigenvalue weighted by Gasteiger charge is 2.37. The maximum absolute atomic E-state index is 13.2. The largest absolute Gasteiger partial charge is 0.416 e. The molecule has 0 saturated heterocycles. The maximum atomic E-state index is 13.2. The van der Waals surface area contributed by atoms with E-state index in [9.17, 15) is 13.2 Å². The molecule has 166 valence electrons. The molecule has 6 rings (SSSR count). The third kappa shape index (κ3) is 3.40. The van der Waals surface area contributed by atoms with E-state index < -0.39 is 11.7 Å². The van der Waals surface area contributed by atoms with E-state index in [-0.39, 0.29) is 5.92 Å². The maximum Gasteiger partial charge on any atom is 0.416 e. The predicted molar refractivity (Wildman–Crippen MR) is 126 cm³/mol. The lowest BCUT2D eigenvalue weighted by Gasteiger charge is -2.29. The summed E-state index contributed by atoms with van der Waals surface area (Å²) in [6.45, 7) is 0. The number of rotatable bonds is 2. The van der Waals surface area contributed by atoms with Crippen molar-refractivity contribution >= 4 is 10.8 Å². The molecule has 2 atom stereocenters. The minimum Gasteiger partial charge on any atom is -0.314 e. The second-order valence-corrected chi connectivity index (χ2v) is 9.11. The second kappa shape index (κ2) is 7.65. The van der Waals surface area contributed by atoms with Gasteiger partial charge in [-0.05, 0) is 78.0 Å². The van der Waals surface area contributed by atoms with Crippen LogP contribution in [0.4, 0.5) is 13.2 Å². The minimum absolute atomic E-state index is 0.142. The molecule has 4 aliphatic rings. The van der Waals surface area contributed by atoms with E-state index in [1.54, 1.807) is 17.7 Å². The summed E-state index contributed by atoms with van der Waals surface area (Å²) in [5.41, 5.74) is 5.88. The third-order valence-corrected chi connectivity index (χ3v) is 7.22. The van der Waals surface area contributed by atoms with E-state index in [1.165, 1.54) is 29.2 Å². The lowest BCUT2D eigenvalue weighted by molar-refractivity contribution is -0.137. The molecule has 0 fully saturated rings. The van der Waals surface area contributed by atoms with Crippen LogP contribution in [0.25, 0.3) is 10.8 Å². The highest BCUT2D eigenvalue weighted by Crippen LogP contribution is 2.48. The molecule has 2 aromatic carbocycles. The molecule has 33 heavy (non-hydrogen) atoms. The molecule has 2 unspecified atom stereocenters. The Hall–Kier alpha value is -3.27. The number of nitrogens with zero attached hydrogens (tertiary/aromatic N) is 1. The van der Waals surface area contributed by atoms with Gasteiger partial charge in [0.2, 0.25) is 0 Å². The number of hydrogen-bond acceptors (Lipinski definition) is 1. The molecule has 0 bridgehead atoms.